The number of esters is 1. The van der Waals surface area contributed by atoms with Gasteiger partial charge < -0.3 is 15.4 Å². The van der Waals surface area contributed by atoms with Gasteiger partial charge in [-0.15, -0.1) is 11.8 Å². The SMILES string of the molecule is Cc1ccc(C)c(NC(=O)COC(=O)c2ccc3c(c2)NC(=O)CS3)c1. The number of hydrogen-bond acceptors (Lipinski definition) is 5. The number of fused-ring (bicyclic) bond motifs is 1. The maximum atomic E-state index is 12.2. The van der Waals surface area contributed by atoms with Crippen molar-refractivity contribution < 1.29 is 19.1 Å². The summed E-state index contributed by atoms with van der Waals surface area (Å²) in [5, 5.41) is 5.45. The predicted octanol–water partition coefficient (Wildman–Crippen LogP) is 3.14. The zero-order valence-electron chi connectivity index (χ0n) is 14.4. The molecular formula is C19H18N2O4S. The Labute approximate surface area is 155 Å². The van der Waals surface area contributed by atoms with Crippen LogP contribution in [0.5, 0.6) is 0 Å². The van der Waals surface area contributed by atoms with Crippen LogP contribution in [0.2, 0.25) is 0 Å². The number of aryl methyl sites for hydroxylation is 2. The average Bonchev–Trinajstić information content (AvgIpc) is 2.62. The normalized spacial score (nSPS) is 12.8. The van der Waals surface area contributed by atoms with Crippen molar-refractivity contribution in [1.82, 2.24) is 0 Å². The number of rotatable bonds is 4. The van der Waals surface area contributed by atoms with Crippen molar-refractivity contribution in [3.05, 3.63) is 53.1 Å². The molecule has 134 valence electrons. The fourth-order valence-corrected chi connectivity index (χ4v) is 3.27. The molecule has 0 bridgehead atoms. The molecule has 0 atom stereocenters. The highest BCUT2D eigenvalue weighted by molar-refractivity contribution is 8.00. The molecule has 0 aromatic heterocycles. The number of amides is 2. The van der Waals surface area contributed by atoms with Crippen LogP contribution in [0.3, 0.4) is 0 Å². The summed E-state index contributed by atoms with van der Waals surface area (Å²) in [5.41, 5.74) is 3.52. The largest absolute Gasteiger partial charge is 0.452 e. The topological polar surface area (TPSA) is 84.5 Å². The lowest BCUT2D eigenvalue weighted by Crippen LogP contribution is -2.22. The van der Waals surface area contributed by atoms with Crippen molar-refractivity contribution in [1.29, 1.82) is 0 Å². The van der Waals surface area contributed by atoms with Gasteiger partial charge in [-0.3, -0.25) is 9.59 Å². The number of anilines is 2. The Balaban J connectivity index is 1.60. The molecule has 6 nitrogen and oxygen atoms in total. The van der Waals surface area contributed by atoms with E-state index in [9.17, 15) is 14.4 Å². The van der Waals surface area contributed by atoms with E-state index in [1.165, 1.54) is 11.8 Å². The van der Waals surface area contributed by atoms with E-state index in [2.05, 4.69) is 10.6 Å². The fraction of sp³-hybridized carbons (Fsp3) is 0.211. The highest BCUT2D eigenvalue weighted by Gasteiger charge is 2.18. The van der Waals surface area contributed by atoms with E-state index in [0.717, 1.165) is 16.0 Å². The molecule has 0 saturated carbocycles. The van der Waals surface area contributed by atoms with Crippen molar-refractivity contribution in [2.75, 3.05) is 23.0 Å². The van der Waals surface area contributed by atoms with Gasteiger partial charge >= 0.3 is 5.97 Å². The quantitative estimate of drug-likeness (QED) is 0.808. The van der Waals surface area contributed by atoms with Gasteiger partial charge in [0.2, 0.25) is 5.91 Å². The van der Waals surface area contributed by atoms with Crippen LogP contribution in [0, 0.1) is 13.8 Å². The zero-order chi connectivity index (χ0) is 18.7. The van der Waals surface area contributed by atoms with E-state index in [0.29, 0.717) is 17.1 Å². The standard InChI is InChI=1S/C19H18N2O4S/c1-11-3-4-12(2)14(7-11)20-17(22)9-25-19(24)13-5-6-16-15(8-13)21-18(23)10-26-16/h3-8H,9-10H2,1-2H3,(H,20,22)(H,21,23). The van der Waals surface area contributed by atoms with E-state index in [1.807, 2.05) is 32.0 Å². The van der Waals surface area contributed by atoms with E-state index >= 15 is 0 Å². The minimum atomic E-state index is -0.617. The van der Waals surface area contributed by atoms with Crippen molar-refractivity contribution in [3.63, 3.8) is 0 Å². The van der Waals surface area contributed by atoms with Crippen LogP contribution in [0.4, 0.5) is 11.4 Å². The third-order valence-electron chi connectivity index (χ3n) is 3.85. The maximum absolute atomic E-state index is 12.2. The van der Waals surface area contributed by atoms with Crippen molar-refractivity contribution >= 4 is 40.9 Å². The molecule has 7 heteroatoms. The van der Waals surface area contributed by atoms with Crippen LogP contribution < -0.4 is 10.6 Å². The van der Waals surface area contributed by atoms with Crippen LogP contribution in [-0.2, 0) is 14.3 Å². The molecule has 2 N–H and O–H groups in total. The monoisotopic (exact) mass is 370 g/mol. The lowest BCUT2D eigenvalue weighted by molar-refractivity contribution is -0.119. The average molecular weight is 370 g/mol. The summed E-state index contributed by atoms with van der Waals surface area (Å²) in [5.74, 6) is -0.779. The van der Waals surface area contributed by atoms with Crippen molar-refractivity contribution in [2.45, 2.75) is 18.7 Å². The predicted molar refractivity (Wildman–Crippen MR) is 101 cm³/mol. The Morgan fingerprint density at radius 1 is 1.19 bits per heavy atom. The first kappa shape index (κ1) is 18.0. The molecule has 0 spiro atoms. The second kappa shape index (κ2) is 7.61. The van der Waals surface area contributed by atoms with Crippen molar-refractivity contribution in [3.8, 4) is 0 Å². The summed E-state index contributed by atoms with van der Waals surface area (Å²) in [7, 11) is 0. The van der Waals surface area contributed by atoms with Crippen LogP contribution in [-0.4, -0.2) is 30.1 Å². The maximum Gasteiger partial charge on any atom is 0.338 e. The van der Waals surface area contributed by atoms with Gasteiger partial charge in [-0.25, -0.2) is 4.79 Å². The first-order valence-corrected chi connectivity index (χ1v) is 9.02. The summed E-state index contributed by atoms with van der Waals surface area (Å²) in [6.45, 7) is 3.44. The summed E-state index contributed by atoms with van der Waals surface area (Å²) >= 11 is 1.41. The van der Waals surface area contributed by atoms with Gasteiger partial charge in [-0.2, -0.15) is 0 Å². The third kappa shape index (κ3) is 4.23. The minimum absolute atomic E-state index is 0.110. The zero-order valence-corrected chi connectivity index (χ0v) is 15.2. The lowest BCUT2D eigenvalue weighted by Gasteiger charge is -2.16. The molecule has 2 amide bonds. The molecule has 0 fully saturated rings. The van der Waals surface area contributed by atoms with Gasteiger partial charge in [0.25, 0.3) is 5.91 Å². The third-order valence-corrected chi connectivity index (χ3v) is 4.92. The molecule has 2 aromatic carbocycles. The number of thioether (sulfide) groups is 1. The molecule has 1 aliphatic rings. The number of carbonyl (C=O) groups excluding carboxylic acids is 3. The summed E-state index contributed by atoms with van der Waals surface area (Å²) in [6.07, 6.45) is 0. The molecule has 0 saturated heterocycles. The number of hydrogen-bond donors (Lipinski definition) is 2. The van der Waals surface area contributed by atoms with Crippen LogP contribution in [0.1, 0.15) is 21.5 Å². The highest BCUT2D eigenvalue weighted by atomic mass is 32.2. The second-order valence-corrected chi connectivity index (χ2v) is 7.01. The van der Waals surface area contributed by atoms with Gasteiger partial charge in [-0.05, 0) is 49.2 Å². The Bertz CT molecular complexity index is 895. The number of benzene rings is 2. The Hall–Kier alpha value is -2.80. The Kier molecular flexibility index (Phi) is 5.27. The first-order chi connectivity index (χ1) is 12.4. The van der Waals surface area contributed by atoms with Gasteiger partial charge in [0, 0.05) is 10.6 Å². The van der Waals surface area contributed by atoms with Gasteiger partial charge in [-0.1, -0.05) is 12.1 Å². The van der Waals surface area contributed by atoms with Crippen molar-refractivity contribution in [2.24, 2.45) is 0 Å². The van der Waals surface area contributed by atoms with Crippen LogP contribution in [0.15, 0.2) is 41.3 Å². The van der Waals surface area contributed by atoms with E-state index in [4.69, 9.17) is 4.74 Å². The number of ether oxygens (including phenoxy) is 1. The lowest BCUT2D eigenvalue weighted by atomic mass is 10.1. The van der Waals surface area contributed by atoms with E-state index in [-0.39, 0.29) is 18.1 Å². The van der Waals surface area contributed by atoms with Gasteiger partial charge in [0.05, 0.1) is 17.0 Å². The highest BCUT2D eigenvalue weighted by Crippen LogP contribution is 2.32. The number of carbonyl (C=O) groups is 3. The smallest absolute Gasteiger partial charge is 0.338 e. The molecule has 26 heavy (non-hydrogen) atoms. The second-order valence-electron chi connectivity index (χ2n) is 5.99. The molecule has 0 unspecified atom stereocenters. The summed E-state index contributed by atoms with van der Waals surface area (Å²) in [4.78, 5) is 36.5. The number of nitrogens with one attached hydrogen (secondary N) is 2. The molecule has 0 aliphatic carbocycles. The molecule has 1 aliphatic heterocycles. The van der Waals surface area contributed by atoms with Gasteiger partial charge in [0.15, 0.2) is 6.61 Å². The minimum Gasteiger partial charge on any atom is -0.452 e. The van der Waals surface area contributed by atoms with E-state index in [1.54, 1.807) is 18.2 Å². The summed E-state index contributed by atoms with van der Waals surface area (Å²) < 4.78 is 5.08. The van der Waals surface area contributed by atoms with Gasteiger partial charge in [0.1, 0.15) is 0 Å². The van der Waals surface area contributed by atoms with E-state index < -0.39 is 11.9 Å². The van der Waals surface area contributed by atoms with Crippen LogP contribution in [0.25, 0.3) is 0 Å². The fourth-order valence-electron chi connectivity index (χ4n) is 2.48. The Morgan fingerprint density at radius 3 is 2.81 bits per heavy atom. The molecule has 2 aromatic rings. The molecule has 3 rings (SSSR count). The molecule has 0 radical (unpaired) electrons. The first-order valence-electron chi connectivity index (χ1n) is 8.03. The summed E-state index contributed by atoms with van der Waals surface area (Å²) in [6, 6.07) is 10.7. The Morgan fingerprint density at radius 2 is 2.00 bits per heavy atom. The van der Waals surface area contributed by atoms with Crippen LogP contribution >= 0.6 is 11.8 Å². The molecular weight excluding hydrogens is 352 g/mol. The molecule has 1 heterocycles.